The fourth-order valence-corrected chi connectivity index (χ4v) is 0.848. The van der Waals surface area contributed by atoms with Gasteiger partial charge in [-0.15, -0.1) is 0 Å². The van der Waals surface area contributed by atoms with Gasteiger partial charge in [-0.25, -0.2) is 0 Å². The van der Waals surface area contributed by atoms with E-state index in [1.54, 1.807) is 6.20 Å². The van der Waals surface area contributed by atoms with E-state index >= 15 is 0 Å². The Kier molecular flexibility index (Phi) is 7.69. The first-order chi connectivity index (χ1) is 7.11. The van der Waals surface area contributed by atoms with Crippen LogP contribution in [0, 0.1) is 6.92 Å². The number of unbranched alkanes of at least 4 members (excludes halogenated alkanes) is 1. The van der Waals surface area contributed by atoms with E-state index in [1.807, 2.05) is 32.9 Å². The number of rotatable bonds is 3. The number of nitrogens with zero attached hydrogens (tertiary/aromatic N) is 1. The van der Waals surface area contributed by atoms with Crippen LogP contribution in [0.2, 0.25) is 0 Å². The summed E-state index contributed by atoms with van der Waals surface area (Å²) in [5.74, 6) is 0.877. The molecule has 1 aromatic heterocycles. The maximum atomic E-state index is 5.48. The van der Waals surface area contributed by atoms with Crippen LogP contribution in [0.1, 0.15) is 46.2 Å². The molecule has 0 aliphatic rings. The van der Waals surface area contributed by atoms with Crippen molar-refractivity contribution in [1.29, 1.82) is 0 Å². The van der Waals surface area contributed by atoms with Crippen molar-refractivity contribution in [2.75, 3.05) is 0 Å². The van der Waals surface area contributed by atoms with Crippen molar-refractivity contribution in [1.82, 2.24) is 4.98 Å². The maximum absolute atomic E-state index is 5.48. The second kappa shape index (κ2) is 8.27. The van der Waals surface area contributed by atoms with Crippen molar-refractivity contribution in [3.05, 3.63) is 24.0 Å². The van der Waals surface area contributed by atoms with Gasteiger partial charge in [0.2, 0.25) is 0 Å². The van der Waals surface area contributed by atoms with Crippen molar-refractivity contribution in [2.45, 2.75) is 53.6 Å². The van der Waals surface area contributed by atoms with E-state index in [1.165, 1.54) is 12.8 Å². The highest BCUT2D eigenvalue weighted by Crippen LogP contribution is 2.14. The molecule has 0 saturated carbocycles. The largest absolute Gasteiger partial charge is 0.489 e. The second-order valence-corrected chi connectivity index (χ2v) is 3.75. The van der Waals surface area contributed by atoms with Crippen molar-refractivity contribution < 1.29 is 4.74 Å². The van der Waals surface area contributed by atoms with Gasteiger partial charge in [-0.3, -0.25) is 4.98 Å². The molecule has 0 saturated heterocycles. The zero-order chi connectivity index (χ0) is 11.7. The van der Waals surface area contributed by atoms with E-state index in [-0.39, 0.29) is 6.10 Å². The van der Waals surface area contributed by atoms with Crippen LogP contribution in [0.4, 0.5) is 0 Å². The molecule has 2 nitrogen and oxygen atoms in total. The summed E-state index contributed by atoms with van der Waals surface area (Å²) in [5, 5.41) is 0. The number of aromatic nitrogens is 1. The standard InChI is InChI=1S/C9H13NO.C4H10/c1-7(2)11-9-5-4-6-10-8(9)3;1-3-4-2/h4-7H,1-3H3;3-4H2,1-2H3. The van der Waals surface area contributed by atoms with Crippen molar-refractivity contribution in [3.8, 4) is 5.75 Å². The fourth-order valence-electron chi connectivity index (χ4n) is 0.848. The van der Waals surface area contributed by atoms with Gasteiger partial charge in [-0.2, -0.15) is 0 Å². The van der Waals surface area contributed by atoms with Gasteiger partial charge < -0.3 is 4.74 Å². The summed E-state index contributed by atoms with van der Waals surface area (Å²) in [6.07, 6.45) is 4.63. The predicted octanol–water partition coefficient (Wildman–Crippen LogP) is 3.98. The Labute approximate surface area is 93.7 Å². The molecule has 0 amide bonds. The third kappa shape index (κ3) is 6.95. The number of aryl methyl sites for hydroxylation is 1. The van der Waals surface area contributed by atoms with Gasteiger partial charge in [0, 0.05) is 6.20 Å². The Morgan fingerprint density at radius 3 is 2.27 bits per heavy atom. The average molecular weight is 209 g/mol. The van der Waals surface area contributed by atoms with Gasteiger partial charge in [-0.1, -0.05) is 26.7 Å². The zero-order valence-electron chi connectivity index (χ0n) is 10.6. The lowest BCUT2D eigenvalue weighted by atomic mass is 10.3. The Balaban J connectivity index is 0.000000423. The fraction of sp³-hybridized carbons (Fsp3) is 0.615. The summed E-state index contributed by atoms with van der Waals surface area (Å²) in [7, 11) is 0. The average Bonchev–Trinajstić information content (AvgIpc) is 2.21. The molecule has 2 heteroatoms. The van der Waals surface area contributed by atoms with Gasteiger partial charge in [0.15, 0.2) is 0 Å². The normalized spacial score (nSPS) is 9.47. The van der Waals surface area contributed by atoms with Crippen LogP contribution < -0.4 is 4.74 Å². The van der Waals surface area contributed by atoms with Gasteiger partial charge in [0.1, 0.15) is 5.75 Å². The SMILES string of the molecule is CCCC.Cc1ncccc1OC(C)C. The van der Waals surface area contributed by atoms with Gasteiger partial charge in [0.05, 0.1) is 11.8 Å². The highest BCUT2D eigenvalue weighted by molar-refractivity contribution is 5.25. The third-order valence-corrected chi connectivity index (χ3v) is 1.82. The van der Waals surface area contributed by atoms with Crippen LogP contribution in [-0.4, -0.2) is 11.1 Å². The second-order valence-electron chi connectivity index (χ2n) is 3.75. The number of hydrogen-bond donors (Lipinski definition) is 0. The summed E-state index contributed by atoms with van der Waals surface area (Å²) >= 11 is 0. The summed E-state index contributed by atoms with van der Waals surface area (Å²) in [6, 6.07) is 3.81. The van der Waals surface area contributed by atoms with Gasteiger partial charge in [-0.05, 0) is 32.9 Å². The Hall–Kier alpha value is -1.05. The van der Waals surface area contributed by atoms with Crippen molar-refractivity contribution in [3.63, 3.8) is 0 Å². The molecule has 0 N–H and O–H groups in total. The lowest BCUT2D eigenvalue weighted by Crippen LogP contribution is -2.06. The predicted molar refractivity (Wildman–Crippen MR) is 65.3 cm³/mol. The van der Waals surface area contributed by atoms with Crippen molar-refractivity contribution in [2.24, 2.45) is 0 Å². The molecule has 15 heavy (non-hydrogen) atoms. The molecule has 0 spiro atoms. The van der Waals surface area contributed by atoms with E-state index in [0.29, 0.717) is 0 Å². The van der Waals surface area contributed by atoms with Crippen LogP contribution in [0.5, 0.6) is 5.75 Å². The van der Waals surface area contributed by atoms with Gasteiger partial charge >= 0.3 is 0 Å². The minimum Gasteiger partial charge on any atom is -0.489 e. The molecule has 1 rings (SSSR count). The topological polar surface area (TPSA) is 22.1 Å². The van der Waals surface area contributed by atoms with Crippen LogP contribution in [0.3, 0.4) is 0 Å². The number of pyridine rings is 1. The van der Waals surface area contributed by atoms with Crippen molar-refractivity contribution >= 4 is 0 Å². The Bertz CT molecular complexity index is 256. The van der Waals surface area contributed by atoms with Crippen LogP contribution in [0.15, 0.2) is 18.3 Å². The summed E-state index contributed by atoms with van der Waals surface area (Å²) in [6.45, 7) is 10.3. The summed E-state index contributed by atoms with van der Waals surface area (Å²) < 4.78 is 5.48. The molecular weight excluding hydrogens is 186 g/mol. The molecule has 0 radical (unpaired) electrons. The van der Waals surface area contributed by atoms with Crippen LogP contribution >= 0.6 is 0 Å². The molecule has 0 aliphatic carbocycles. The van der Waals surface area contributed by atoms with E-state index in [2.05, 4.69) is 18.8 Å². The molecule has 0 aliphatic heterocycles. The highest BCUT2D eigenvalue weighted by Gasteiger charge is 1.99. The lowest BCUT2D eigenvalue weighted by molar-refractivity contribution is 0.239. The molecule has 1 heterocycles. The lowest BCUT2D eigenvalue weighted by Gasteiger charge is -2.10. The first-order valence-corrected chi connectivity index (χ1v) is 5.70. The van der Waals surface area contributed by atoms with E-state index in [4.69, 9.17) is 4.74 Å². The Morgan fingerprint density at radius 2 is 1.87 bits per heavy atom. The van der Waals surface area contributed by atoms with E-state index < -0.39 is 0 Å². The molecule has 0 fully saturated rings. The van der Waals surface area contributed by atoms with Crippen LogP contribution in [-0.2, 0) is 0 Å². The smallest absolute Gasteiger partial charge is 0.140 e. The summed E-state index contributed by atoms with van der Waals surface area (Å²) in [4.78, 5) is 4.11. The molecule has 0 unspecified atom stereocenters. The first kappa shape index (κ1) is 13.9. The zero-order valence-corrected chi connectivity index (χ0v) is 10.6. The van der Waals surface area contributed by atoms with E-state index in [9.17, 15) is 0 Å². The molecule has 1 aromatic rings. The van der Waals surface area contributed by atoms with Gasteiger partial charge in [0.25, 0.3) is 0 Å². The number of hydrogen-bond acceptors (Lipinski definition) is 2. The molecule has 86 valence electrons. The first-order valence-electron chi connectivity index (χ1n) is 5.70. The summed E-state index contributed by atoms with van der Waals surface area (Å²) in [5.41, 5.74) is 0.946. The minimum atomic E-state index is 0.220. The monoisotopic (exact) mass is 209 g/mol. The number of ether oxygens (including phenoxy) is 1. The molecular formula is C13H23NO. The third-order valence-electron chi connectivity index (χ3n) is 1.82. The maximum Gasteiger partial charge on any atom is 0.140 e. The van der Waals surface area contributed by atoms with E-state index in [0.717, 1.165) is 11.4 Å². The molecule has 0 bridgehead atoms. The highest BCUT2D eigenvalue weighted by atomic mass is 16.5. The quantitative estimate of drug-likeness (QED) is 0.751. The molecule has 0 aromatic carbocycles. The molecule has 0 atom stereocenters. The Morgan fingerprint density at radius 1 is 1.27 bits per heavy atom. The minimum absolute atomic E-state index is 0.220. The van der Waals surface area contributed by atoms with Crippen LogP contribution in [0.25, 0.3) is 0 Å².